The summed E-state index contributed by atoms with van der Waals surface area (Å²) in [4.78, 5) is 2.44. The van der Waals surface area contributed by atoms with Crippen LogP contribution in [0.4, 0.5) is 5.69 Å². The van der Waals surface area contributed by atoms with Crippen molar-refractivity contribution in [3.8, 4) is 0 Å². The molecule has 1 unspecified atom stereocenters. The monoisotopic (exact) mass is 284 g/mol. The van der Waals surface area contributed by atoms with Crippen molar-refractivity contribution < 1.29 is 0 Å². The molecule has 1 fully saturated rings. The lowest BCUT2D eigenvalue weighted by Crippen LogP contribution is -2.51. The van der Waals surface area contributed by atoms with Crippen molar-refractivity contribution >= 4 is 5.69 Å². The topological polar surface area (TPSA) is 33.1 Å². The minimum absolute atomic E-state index is 0.418. The number of rotatable bonds is 4. The van der Waals surface area contributed by atoms with Crippen LogP contribution in [-0.2, 0) is 6.42 Å². The zero-order chi connectivity index (χ0) is 14.7. The van der Waals surface area contributed by atoms with Crippen LogP contribution in [0.25, 0.3) is 0 Å². The number of benzene rings is 1. The van der Waals surface area contributed by atoms with E-state index >= 15 is 0 Å². The van der Waals surface area contributed by atoms with Crippen LogP contribution in [0.2, 0.25) is 0 Å². The molecule has 1 aliphatic heterocycles. The highest BCUT2D eigenvalue weighted by molar-refractivity contribution is 5.43. The van der Waals surface area contributed by atoms with E-state index in [4.69, 9.17) is 0 Å². The SMILES string of the molecule is CC(C)n1cc(N2CCNC(Cc3ccccc3)C2)cn1. The second kappa shape index (κ2) is 6.31. The maximum Gasteiger partial charge on any atom is 0.0753 e. The number of hydrogen-bond donors (Lipinski definition) is 1. The molecule has 2 heterocycles. The molecule has 0 saturated carbocycles. The van der Waals surface area contributed by atoms with Crippen molar-refractivity contribution in [2.24, 2.45) is 0 Å². The third kappa shape index (κ3) is 3.45. The summed E-state index contributed by atoms with van der Waals surface area (Å²) < 4.78 is 2.03. The lowest BCUT2D eigenvalue weighted by molar-refractivity contribution is 0.454. The molecule has 4 heteroatoms. The van der Waals surface area contributed by atoms with Crippen LogP contribution in [0.3, 0.4) is 0 Å². The molecule has 3 rings (SSSR count). The Hall–Kier alpha value is -1.81. The Morgan fingerprint density at radius 2 is 2.10 bits per heavy atom. The number of aromatic nitrogens is 2. The van der Waals surface area contributed by atoms with E-state index in [2.05, 4.69) is 65.7 Å². The third-order valence-electron chi connectivity index (χ3n) is 4.06. The number of nitrogens with zero attached hydrogens (tertiary/aromatic N) is 3. The molecule has 2 aromatic rings. The Bertz CT molecular complexity index is 561. The Kier molecular flexibility index (Phi) is 4.25. The lowest BCUT2D eigenvalue weighted by atomic mass is 10.0. The van der Waals surface area contributed by atoms with E-state index in [9.17, 15) is 0 Å². The summed E-state index contributed by atoms with van der Waals surface area (Å²) in [7, 11) is 0. The zero-order valence-electron chi connectivity index (χ0n) is 12.9. The van der Waals surface area contributed by atoms with Gasteiger partial charge in [0, 0.05) is 37.9 Å². The zero-order valence-corrected chi connectivity index (χ0v) is 12.9. The molecular formula is C17H24N4. The average molecular weight is 284 g/mol. The van der Waals surface area contributed by atoms with Gasteiger partial charge in [0.25, 0.3) is 0 Å². The van der Waals surface area contributed by atoms with Gasteiger partial charge in [-0.3, -0.25) is 4.68 Å². The van der Waals surface area contributed by atoms with Crippen molar-refractivity contribution in [2.75, 3.05) is 24.5 Å². The van der Waals surface area contributed by atoms with Gasteiger partial charge in [-0.1, -0.05) is 30.3 Å². The molecule has 112 valence electrons. The Balaban J connectivity index is 1.65. The normalized spacial score (nSPS) is 19.2. The van der Waals surface area contributed by atoms with Gasteiger partial charge in [0.15, 0.2) is 0 Å². The van der Waals surface area contributed by atoms with E-state index < -0.39 is 0 Å². The van der Waals surface area contributed by atoms with Crippen LogP contribution in [0, 0.1) is 0 Å². The van der Waals surface area contributed by atoms with Crippen LogP contribution < -0.4 is 10.2 Å². The minimum Gasteiger partial charge on any atom is -0.366 e. The molecule has 1 atom stereocenters. The summed E-state index contributed by atoms with van der Waals surface area (Å²) in [6, 6.07) is 11.6. The van der Waals surface area contributed by atoms with Crippen molar-refractivity contribution in [1.82, 2.24) is 15.1 Å². The molecule has 4 nitrogen and oxygen atoms in total. The van der Waals surface area contributed by atoms with Crippen molar-refractivity contribution in [1.29, 1.82) is 0 Å². The van der Waals surface area contributed by atoms with Gasteiger partial charge in [-0.05, 0) is 25.8 Å². The fraction of sp³-hybridized carbons (Fsp3) is 0.471. The third-order valence-corrected chi connectivity index (χ3v) is 4.06. The summed E-state index contributed by atoms with van der Waals surface area (Å²) in [6.07, 6.45) is 5.23. The number of nitrogens with one attached hydrogen (secondary N) is 1. The van der Waals surface area contributed by atoms with Crippen LogP contribution in [-0.4, -0.2) is 35.5 Å². The van der Waals surface area contributed by atoms with E-state index in [-0.39, 0.29) is 0 Å². The standard InChI is InChI=1S/C17H24N4/c1-14(2)21-13-17(11-19-21)20-9-8-18-16(12-20)10-15-6-4-3-5-7-15/h3-7,11,13-14,16,18H,8-10,12H2,1-2H3. The molecule has 1 aliphatic rings. The molecule has 1 aromatic heterocycles. The first-order chi connectivity index (χ1) is 10.2. The first kappa shape index (κ1) is 14.1. The summed E-state index contributed by atoms with van der Waals surface area (Å²) in [5, 5.41) is 8.08. The summed E-state index contributed by atoms with van der Waals surface area (Å²) in [5.41, 5.74) is 2.64. The molecule has 1 aromatic carbocycles. The van der Waals surface area contributed by atoms with E-state index in [0.717, 1.165) is 26.1 Å². The first-order valence-electron chi connectivity index (χ1n) is 7.79. The van der Waals surface area contributed by atoms with Crippen molar-refractivity contribution in [3.63, 3.8) is 0 Å². The molecule has 1 saturated heterocycles. The van der Waals surface area contributed by atoms with Gasteiger partial charge in [0.05, 0.1) is 11.9 Å². The molecule has 0 amide bonds. The van der Waals surface area contributed by atoms with Crippen LogP contribution in [0.1, 0.15) is 25.5 Å². The average Bonchev–Trinajstić information content (AvgIpc) is 2.99. The van der Waals surface area contributed by atoms with Crippen LogP contribution >= 0.6 is 0 Å². The maximum absolute atomic E-state index is 4.45. The molecule has 0 bridgehead atoms. The molecule has 1 N–H and O–H groups in total. The lowest BCUT2D eigenvalue weighted by Gasteiger charge is -2.34. The highest BCUT2D eigenvalue weighted by atomic mass is 15.3. The molecule has 21 heavy (non-hydrogen) atoms. The van der Waals surface area contributed by atoms with E-state index in [0.29, 0.717) is 12.1 Å². The number of piperazine rings is 1. The van der Waals surface area contributed by atoms with Gasteiger partial charge in [-0.25, -0.2) is 0 Å². The van der Waals surface area contributed by atoms with Gasteiger partial charge >= 0.3 is 0 Å². The molecular weight excluding hydrogens is 260 g/mol. The Morgan fingerprint density at radius 3 is 2.81 bits per heavy atom. The quantitative estimate of drug-likeness (QED) is 0.936. The second-order valence-corrected chi connectivity index (χ2v) is 6.06. The molecule has 0 spiro atoms. The fourth-order valence-electron chi connectivity index (χ4n) is 2.87. The van der Waals surface area contributed by atoms with Gasteiger partial charge in [0.1, 0.15) is 0 Å². The van der Waals surface area contributed by atoms with Gasteiger partial charge in [-0.2, -0.15) is 5.10 Å². The highest BCUT2D eigenvalue weighted by Crippen LogP contribution is 2.18. The number of anilines is 1. The van der Waals surface area contributed by atoms with E-state index in [1.165, 1.54) is 11.3 Å². The van der Waals surface area contributed by atoms with E-state index in [1.54, 1.807) is 0 Å². The summed E-state index contributed by atoms with van der Waals surface area (Å²) in [5.74, 6) is 0. The Labute approximate surface area is 126 Å². The first-order valence-corrected chi connectivity index (χ1v) is 7.79. The number of hydrogen-bond acceptors (Lipinski definition) is 3. The summed E-state index contributed by atoms with van der Waals surface area (Å²) >= 11 is 0. The highest BCUT2D eigenvalue weighted by Gasteiger charge is 2.20. The maximum atomic E-state index is 4.45. The smallest absolute Gasteiger partial charge is 0.0753 e. The van der Waals surface area contributed by atoms with Crippen LogP contribution in [0.5, 0.6) is 0 Å². The largest absolute Gasteiger partial charge is 0.366 e. The predicted octanol–water partition coefficient (Wildman–Crippen LogP) is 2.48. The summed E-state index contributed by atoms with van der Waals surface area (Å²) in [6.45, 7) is 7.44. The van der Waals surface area contributed by atoms with Crippen LogP contribution in [0.15, 0.2) is 42.7 Å². The second-order valence-electron chi connectivity index (χ2n) is 6.06. The molecule has 0 radical (unpaired) electrons. The van der Waals surface area contributed by atoms with Crippen molar-refractivity contribution in [2.45, 2.75) is 32.4 Å². The van der Waals surface area contributed by atoms with Gasteiger partial charge in [-0.15, -0.1) is 0 Å². The predicted molar refractivity (Wildman–Crippen MR) is 86.8 cm³/mol. The van der Waals surface area contributed by atoms with E-state index in [1.807, 2.05) is 10.9 Å². The Morgan fingerprint density at radius 1 is 1.29 bits per heavy atom. The van der Waals surface area contributed by atoms with Crippen molar-refractivity contribution in [3.05, 3.63) is 48.3 Å². The molecule has 0 aliphatic carbocycles. The fourth-order valence-corrected chi connectivity index (χ4v) is 2.87. The minimum atomic E-state index is 0.418. The van der Waals surface area contributed by atoms with Gasteiger partial charge in [0.2, 0.25) is 0 Å². The van der Waals surface area contributed by atoms with Gasteiger partial charge < -0.3 is 10.2 Å².